The Kier molecular flexibility index (Phi) is 3.85. The average molecular weight is 520 g/mol. The molecule has 0 N–H and O–H groups in total. The van der Waals surface area contributed by atoms with Gasteiger partial charge in [0.05, 0.1) is 16.6 Å². The monoisotopic (exact) mass is 519 g/mol. The first kappa shape index (κ1) is 21.4. The Morgan fingerprint density at radius 1 is 0.366 bits per heavy atom. The van der Waals surface area contributed by atoms with Crippen LogP contribution in [0.2, 0.25) is 0 Å². The molecular formula is C39H21NO. The fourth-order valence-corrected chi connectivity index (χ4v) is 7.59. The highest BCUT2D eigenvalue weighted by Gasteiger charge is 2.25. The average Bonchev–Trinajstić information content (AvgIpc) is 3.04. The predicted molar refractivity (Wildman–Crippen MR) is 173 cm³/mol. The summed E-state index contributed by atoms with van der Waals surface area (Å²) in [5.74, 6) is 0. The second kappa shape index (κ2) is 7.38. The van der Waals surface area contributed by atoms with Crippen LogP contribution in [0.1, 0.15) is 0 Å². The van der Waals surface area contributed by atoms with E-state index in [9.17, 15) is 4.79 Å². The van der Waals surface area contributed by atoms with Crippen LogP contribution in [0, 0.1) is 0 Å². The zero-order valence-electron chi connectivity index (χ0n) is 22.0. The van der Waals surface area contributed by atoms with Gasteiger partial charge < -0.3 is 4.40 Å². The first-order valence-corrected chi connectivity index (χ1v) is 14.1. The normalized spacial score (nSPS) is 12.5. The van der Waals surface area contributed by atoms with E-state index >= 15 is 0 Å². The summed E-state index contributed by atoms with van der Waals surface area (Å²) in [7, 11) is 0. The van der Waals surface area contributed by atoms with Crippen molar-refractivity contribution in [3.05, 3.63) is 138 Å². The molecule has 0 unspecified atom stereocenters. The minimum atomic E-state index is 0.0943. The molecule has 7 aromatic carbocycles. The Bertz CT molecular complexity index is 2500. The molecule has 0 saturated carbocycles. The molecule has 0 amide bonds. The number of para-hydroxylation sites is 1. The van der Waals surface area contributed by atoms with Crippen LogP contribution in [-0.2, 0) is 0 Å². The fraction of sp³-hybridized carbons (Fsp3) is 0. The summed E-state index contributed by atoms with van der Waals surface area (Å²) in [6, 6.07) is 45.0. The number of pyridine rings is 3. The zero-order chi connectivity index (χ0) is 26.8. The minimum absolute atomic E-state index is 0.0943. The molecule has 10 aromatic rings. The van der Waals surface area contributed by atoms with Crippen molar-refractivity contribution >= 4 is 70.4 Å². The largest absolute Gasteiger partial charge is 0.306 e. The highest BCUT2D eigenvalue weighted by atomic mass is 16.1. The lowest BCUT2D eigenvalue weighted by Crippen LogP contribution is -2.12. The van der Waals surface area contributed by atoms with Crippen molar-refractivity contribution in [1.29, 1.82) is 0 Å². The smallest absolute Gasteiger partial charge is 0.197 e. The number of hydrogen-bond donors (Lipinski definition) is 0. The van der Waals surface area contributed by atoms with E-state index in [1.807, 2.05) is 12.1 Å². The number of rotatable bonds is 2. The van der Waals surface area contributed by atoms with E-state index in [2.05, 4.69) is 120 Å². The first-order valence-electron chi connectivity index (χ1n) is 14.1. The first-order chi connectivity index (χ1) is 20.3. The molecule has 0 aliphatic carbocycles. The maximum Gasteiger partial charge on any atom is 0.197 e. The second-order valence-corrected chi connectivity index (χ2v) is 11.2. The Morgan fingerprint density at radius 2 is 0.780 bits per heavy atom. The summed E-state index contributed by atoms with van der Waals surface area (Å²) in [6.07, 6.45) is 0. The van der Waals surface area contributed by atoms with Gasteiger partial charge in [-0.05, 0) is 55.9 Å². The zero-order valence-corrected chi connectivity index (χ0v) is 22.0. The van der Waals surface area contributed by atoms with Crippen molar-refractivity contribution in [2.24, 2.45) is 0 Å². The molecule has 0 aliphatic heterocycles. The van der Waals surface area contributed by atoms with E-state index in [0.29, 0.717) is 0 Å². The Labute approximate surface area is 234 Å². The lowest BCUT2D eigenvalue weighted by molar-refractivity contribution is 1.34. The van der Waals surface area contributed by atoms with Crippen LogP contribution in [0.5, 0.6) is 0 Å². The summed E-state index contributed by atoms with van der Waals surface area (Å²) in [5, 5.41) is 11.0. The maximum absolute atomic E-state index is 14.7. The standard InChI is InChI=1S/C39H21NO/c41-39-32-20-30(22-10-3-1-4-11-22)26-16-7-14-24-28-18-9-19-29-25-15-8-17-27-31(23-12-5-2-6-13-23)21-33(39)38(35(25)27)40(36(28)29)37(32)34(24)26/h1-21H. The van der Waals surface area contributed by atoms with Gasteiger partial charge in [0.2, 0.25) is 0 Å². The van der Waals surface area contributed by atoms with Crippen molar-refractivity contribution < 1.29 is 0 Å². The summed E-state index contributed by atoms with van der Waals surface area (Å²) in [5.41, 5.74) is 7.76. The Hall–Kier alpha value is -5.47. The van der Waals surface area contributed by atoms with Crippen LogP contribution in [0.25, 0.3) is 92.7 Å². The minimum Gasteiger partial charge on any atom is -0.306 e. The molecule has 2 nitrogen and oxygen atoms in total. The van der Waals surface area contributed by atoms with E-state index < -0.39 is 0 Å². The van der Waals surface area contributed by atoms with Gasteiger partial charge in [0.15, 0.2) is 5.43 Å². The van der Waals surface area contributed by atoms with E-state index in [4.69, 9.17) is 0 Å². The van der Waals surface area contributed by atoms with Crippen molar-refractivity contribution in [3.8, 4) is 22.3 Å². The van der Waals surface area contributed by atoms with E-state index in [-0.39, 0.29) is 5.43 Å². The van der Waals surface area contributed by atoms with Gasteiger partial charge in [0.25, 0.3) is 0 Å². The molecular weight excluding hydrogens is 498 g/mol. The second-order valence-electron chi connectivity index (χ2n) is 11.2. The van der Waals surface area contributed by atoms with Gasteiger partial charge >= 0.3 is 0 Å². The topological polar surface area (TPSA) is 21.5 Å². The molecule has 3 heterocycles. The summed E-state index contributed by atoms with van der Waals surface area (Å²) < 4.78 is 2.42. The van der Waals surface area contributed by atoms with Crippen LogP contribution in [0.3, 0.4) is 0 Å². The quantitative estimate of drug-likeness (QED) is 0.164. The highest BCUT2D eigenvalue weighted by Crippen LogP contribution is 2.47. The third kappa shape index (κ3) is 2.52. The van der Waals surface area contributed by atoms with Crippen molar-refractivity contribution in [2.75, 3.05) is 0 Å². The van der Waals surface area contributed by atoms with E-state index in [1.165, 1.54) is 37.8 Å². The lowest BCUT2D eigenvalue weighted by Gasteiger charge is -2.25. The molecule has 0 fully saturated rings. The Morgan fingerprint density at radius 3 is 1.24 bits per heavy atom. The van der Waals surface area contributed by atoms with Crippen LogP contribution < -0.4 is 5.43 Å². The lowest BCUT2D eigenvalue weighted by atomic mass is 9.86. The number of aromatic nitrogens is 1. The van der Waals surface area contributed by atoms with Crippen LogP contribution >= 0.6 is 0 Å². The van der Waals surface area contributed by atoms with Gasteiger partial charge in [0, 0.05) is 32.3 Å². The molecule has 2 heteroatoms. The van der Waals surface area contributed by atoms with Gasteiger partial charge in [-0.1, -0.05) is 115 Å². The SMILES string of the molecule is O=c1c2cc(-c3ccccc3)c3cccc4c5cccc6c7cccc8c(-c9ccccc9)cc1c(c87)n(c56)c2c34. The third-order valence-electron chi connectivity index (χ3n) is 9.22. The molecule has 10 rings (SSSR count). The van der Waals surface area contributed by atoms with Crippen molar-refractivity contribution in [2.45, 2.75) is 0 Å². The van der Waals surface area contributed by atoms with Crippen LogP contribution in [-0.4, -0.2) is 4.40 Å². The Balaban J connectivity index is 1.58. The van der Waals surface area contributed by atoms with Crippen molar-refractivity contribution in [1.82, 2.24) is 4.40 Å². The summed E-state index contributed by atoms with van der Waals surface area (Å²) >= 11 is 0. The molecule has 41 heavy (non-hydrogen) atoms. The van der Waals surface area contributed by atoms with Gasteiger partial charge in [-0.15, -0.1) is 0 Å². The molecule has 188 valence electrons. The summed E-state index contributed by atoms with van der Waals surface area (Å²) in [6.45, 7) is 0. The molecule has 0 radical (unpaired) electrons. The number of benzene rings is 7. The van der Waals surface area contributed by atoms with Crippen molar-refractivity contribution in [3.63, 3.8) is 0 Å². The van der Waals surface area contributed by atoms with E-state index in [1.54, 1.807) is 0 Å². The number of fused-ring (bicyclic) bond motifs is 2. The molecule has 0 saturated heterocycles. The highest BCUT2D eigenvalue weighted by molar-refractivity contribution is 6.35. The van der Waals surface area contributed by atoms with Gasteiger partial charge in [-0.3, -0.25) is 4.79 Å². The molecule has 0 spiro atoms. The van der Waals surface area contributed by atoms with Crippen LogP contribution in [0.4, 0.5) is 0 Å². The molecule has 3 aromatic heterocycles. The van der Waals surface area contributed by atoms with Gasteiger partial charge in [0.1, 0.15) is 0 Å². The fourth-order valence-electron chi connectivity index (χ4n) is 7.59. The van der Waals surface area contributed by atoms with E-state index in [0.717, 1.165) is 54.8 Å². The predicted octanol–water partition coefficient (Wildman–Crippen LogP) is 9.87. The number of hydrogen-bond acceptors (Lipinski definition) is 1. The van der Waals surface area contributed by atoms with Crippen LogP contribution in [0.15, 0.2) is 132 Å². The number of nitrogens with zero attached hydrogens (tertiary/aromatic N) is 1. The summed E-state index contributed by atoms with van der Waals surface area (Å²) in [4.78, 5) is 14.7. The molecule has 0 bridgehead atoms. The van der Waals surface area contributed by atoms with Gasteiger partial charge in [-0.2, -0.15) is 0 Å². The molecule has 0 atom stereocenters. The third-order valence-corrected chi connectivity index (χ3v) is 9.22. The molecule has 0 aliphatic rings. The van der Waals surface area contributed by atoms with Gasteiger partial charge in [-0.25, -0.2) is 0 Å². The maximum atomic E-state index is 14.7.